The fraction of sp³-hybridized carbons (Fsp3) is 0.125. The quantitative estimate of drug-likeness (QED) is 0.691. The maximum atomic E-state index is 3.68. The van der Waals surface area contributed by atoms with Gasteiger partial charge in [-0.05, 0) is 35.3 Å². The first-order valence-electron chi connectivity index (χ1n) is 5.79. The molecule has 0 spiro atoms. The lowest BCUT2D eigenvalue weighted by Crippen LogP contribution is -1.96. The zero-order chi connectivity index (χ0) is 11.8. The SMILES string of the molecule is CC1=CC(c2ccccc2)c2c(Br)cccc21. The van der Waals surface area contributed by atoms with Crippen LogP contribution >= 0.6 is 15.9 Å². The summed E-state index contributed by atoms with van der Waals surface area (Å²) in [5, 5.41) is 0. The van der Waals surface area contributed by atoms with Crippen molar-refractivity contribution in [2.75, 3.05) is 0 Å². The zero-order valence-electron chi connectivity index (χ0n) is 9.65. The Morgan fingerprint density at radius 1 is 0.941 bits per heavy atom. The van der Waals surface area contributed by atoms with Crippen molar-refractivity contribution in [1.82, 2.24) is 0 Å². The summed E-state index contributed by atoms with van der Waals surface area (Å²) in [6.45, 7) is 2.19. The highest BCUT2D eigenvalue weighted by Gasteiger charge is 2.24. The van der Waals surface area contributed by atoms with Crippen molar-refractivity contribution in [3.05, 3.63) is 75.8 Å². The van der Waals surface area contributed by atoms with Gasteiger partial charge in [-0.15, -0.1) is 0 Å². The number of fused-ring (bicyclic) bond motifs is 1. The molecule has 3 rings (SSSR count). The molecule has 1 unspecified atom stereocenters. The Bertz CT molecular complexity index is 582. The lowest BCUT2D eigenvalue weighted by Gasteiger charge is -2.13. The maximum absolute atomic E-state index is 3.68. The van der Waals surface area contributed by atoms with Crippen LogP contribution in [0.15, 0.2) is 59.1 Å². The minimum atomic E-state index is 0.391. The van der Waals surface area contributed by atoms with E-state index in [-0.39, 0.29) is 0 Å². The minimum Gasteiger partial charge on any atom is -0.0690 e. The second-order valence-electron chi connectivity index (χ2n) is 4.44. The molecule has 17 heavy (non-hydrogen) atoms. The Morgan fingerprint density at radius 2 is 1.71 bits per heavy atom. The molecule has 0 saturated heterocycles. The fourth-order valence-corrected chi connectivity index (χ4v) is 3.16. The van der Waals surface area contributed by atoms with E-state index in [0.717, 1.165) is 0 Å². The van der Waals surface area contributed by atoms with Crippen LogP contribution in [0.3, 0.4) is 0 Å². The topological polar surface area (TPSA) is 0 Å². The first kappa shape index (κ1) is 10.8. The van der Waals surface area contributed by atoms with Crippen molar-refractivity contribution in [3.8, 4) is 0 Å². The van der Waals surface area contributed by atoms with E-state index >= 15 is 0 Å². The highest BCUT2D eigenvalue weighted by molar-refractivity contribution is 9.10. The highest BCUT2D eigenvalue weighted by atomic mass is 79.9. The molecule has 0 nitrogen and oxygen atoms in total. The molecule has 0 aliphatic heterocycles. The van der Waals surface area contributed by atoms with E-state index < -0.39 is 0 Å². The molecule has 84 valence electrons. The van der Waals surface area contributed by atoms with Crippen molar-refractivity contribution in [2.24, 2.45) is 0 Å². The predicted molar refractivity (Wildman–Crippen MR) is 76.1 cm³/mol. The van der Waals surface area contributed by atoms with E-state index in [0.29, 0.717) is 5.92 Å². The molecule has 2 aromatic carbocycles. The van der Waals surface area contributed by atoms with Crippen LogP contribution < -0.4 is 0 Å². The van der Waals surface area contributed by atoms with Crippen molar-refractivity contribution < 1.29 is 0 Å². The molecule has 1 aliphatic rings. The standard InChI is InChI=1S/C16H13Br/c1-11-10-14(12-6-3-2-4-7-12)16-13(11)8-5-9-15(16)17/h2-10,14H,1H3. The van der Waals surface area contributed by atoms with Gasteiger partial charge in [-0.2, -0.15) is 0 Å². The van der Waals surface area contributed by atoms with E-state index in [2.05, 4.69) is 77.5 Å². The molecule has 0 amide bonds. The second-order valence-corrected chi connectivity index (χ2v) is 5.29. The van der Waals surface area contributed by atoms with E-state index in [1.165, 1.54) is 26.7 Å². The summed E-state index contributed by atoms with van der Waals surface area (Å²) in [5.41, 5.74) is 5.50. The monoisotopic (exact) mass is 284 g/mol. The predicted octanol–water partition coefficient (Wildman–Crippen LogP) is 5.00. The summed E-state index contributed by atoms with van der Waals surface area (Å²) in [4.78, 5) is 0. The molecule has 1 heteroatoms. The van der Waals surface area contributed by atoms with Crippen LogP contribution in [-0.4, -0.2) is 0 Å². The third-order valence-electron chi connectivity index (χ3n) is 3.36. The molecule has 0 saturated carbocycles. The van der Waals surface area contributed by atoms with Gasteiger partial charge in [0.2, 0.25) is 0 Å². The van der Waals surface area contributed by atoms with Crippen LogP contribution in [0.2, 0.25) is 0 Å². The Labute approximate surface area is 110 Å². The number of hydrogen-bond acceptors (Lipinski definition) is 0. The third kappa shape index (κ3) is 1.75. The first-order chi connectivity index (χ1) is 8.27. The van der Waals surface area contributed by atoms with Crippen LogP contribution in [0.4, 0.5) is 0 Å². The van der Waals surface area contributed by atoms with Gasteiger partial charge >= 0.3 is 0 Å². The smallest absolute Gasteiger partial charge is 0.0292 e. The van der Waals surface area contributed by atoms with Gasteiger partial charge in [0.15, 0.2) is 0 Å². The summed E-state index contributed by atoms with van der Waals surface area (Å²) >= 11 is 3.68. The molecule has 0 radical (unpaired) electrons. The fourth-order valence-electron chi connectivity index (χ4n) is 2.54. The normalized spacial score (nSPS) is 17.8. The summed E-state index contributed by atoms with van der Waals surface area (Å²) in [6, 6.07) is 17.1. The van der Waals surface area contributed by atoms with E-state index in [4.69, 9.17) is 0 Å². The van der Waals surface area contributed by atoms with Gasteiger partial charge in [0, 0.05) is 10.4 Å². The summed E-state index contributed by atoms with van der Waals surface area (Å²) < 4.78 is 1.21. The van der Waals surface area contributed by atoms with Crippen LogP contribution in [0, 0.1) is 0 Å². The molecule has 1 atom stereocenters. The Kier molecular flexibility index (Phi) is 2.64. The molecule has 2 aromatic rings. The molecule has 0 aromatic heterocycles. The first-order valence-corrected chi connectivity index (χ1v) is 6.59. The van der Waals surface area contributed by atoms with E-state index in [1.807, 2.05) is 0 Å². The number of hydrogen-bond donors (Lipinski definition) is 0. The Morgan fingerprint density at radius 3 is 2.47 bits per heavy atom. The van der Waals surface area contributed by atoms with Crippen molar-refractivity contribution >= 4 is 21.5 Å². The molecular weight excluding hydrogens is 272 g/mol. The zero-order valence-corrected chi connectivity index (χ0v) is 11.2. The van der Waals surface area contributed by atoms with E-state index in [1.54, 1.807) is 0 Å². The molecule has 0 fully saturated rings. The van der Waals surface area contributed by atoms with Crippen LogP contribution in [0.5, 0.6) is 0 Å². The molecular formula is C16H13Br. The lowest BCUT2D eigenvalue weighted by molar-refractivity contribution is 1.04. The Hall–Kier alpha value is -1.34. The van der Waals surface area contributed by atoms with Gasteiger partial charge < -0.3 is 0 Å². The number of benzene rings is 2. The van der Waals surface area contributed by atoms with E-state index in [9.17, 15) is 0 Å². The summed E-state index contributed by atoms with van der Waals surface area (Å²) in [7, 11) is 0. The minimum absolute atomic E-state index is 0.391. The Balaban J connectivity index is 2.18. The van der Waals surface area contributed by atoms with Gasteiger partial charge in [-0.1, -0.05) is 64.5 Å². The molecule has 0 bridgehead atoms. The molecule has 1 aliphatic carbocycles. The number of halogens is 1. The maximum Gasteiger partial charge on any atom is 0.0292 e. The van der Waals surface area contributed by atoms with Crippen molar-refractivity contribution in [1.29, 1.82) is 0 Å². The van der Waals surface area contributed by atoms with Gasteiger partial charge in [-0.25, -0.2) is 0 Å². The highest BCUT2D eigenvalue weighted by Crippen LogP contribution is 2.43. The van der Waals surface area contributed by atoms with Crippen molar-refractivity contribution in [3.63, 3.8) is 0 Å². The van der Waals surface area contributed by atoms with Crippen molar-refractivity contribution in [2.45, 2.75) is 12.8 Å². The lowest BCUT2D eigenvalue weighted by atomic mass is 9.93. The average Bonchev–Trinajstić information content (AvgIpc) is 2.70. The average molecular weight is 285 g/mol. The largest absolute Gasteiger partial charge is 0.0690 e. The summed E-state index contributed by atoms with van der Waals surface area (Å²) in [5.74, 6) is 0.391. The van der Waals surface area contributed by atoms with Gasteiger partial charge in [-0.3, -0.25) is 0 Å². The van der Waals surface area contributed by atoms with Crippen LogP contribution in [0.1, 0.15) is 29.5 Å². The van der Waals surface area contributed by atoms with Gasteiger partial charge in [0.1, 0.15) is 0 Å². The van der Waals surface area contributed by atoms with Gasteiger partial charge in [0.05, 0.1) is 0 Å². The third-order valence-corrected chi connectivity index (χ3v) is 4.06. The molecule has 0 heterocycles. The number of allylic oxidation sites excluding steroid dienone is 2. The number of rotatable bonds is 1. The van der Waals surface area contributed by atoms with Crippen LogP contribution in [0.25, 0.3) is 5.57 Å². The second kappa shape index (κ2) is 4.15. The molecule has 0 N–H and O–H groups in total. The van der Waals surface area contributed by atoms with Crippen LogP contribution in [-0.2, 0) is 0 Å². The van der Waals surface area contributed by atoms with Gasteiger partial charge in [0.25, 0.3) is 0 Å². The summed E-state index contributed by atoms with van der Waals surface area (Å²) in [6.07, 6.45) is 2.35.